The molecule has 0 fully saturated rings. The van der Waals surface area contributed by atoms with Crippen LogP contribution in [-0.4, -0.2) is 26.0 Å². The van der Waals surface area contributed by atoms with Crippen LogP contribution < -0.4 is 5.32 Å². The number of halogens is 2. The summed E-state index contributed by atoms with van der Waals surface area (Å²) in [6.07, 6.45) is 0. The van der Waals surface area contributed by atoms with Gasteiger partial charge in [0.1, 0.15) is 5.82 Å². The zero-order chi connectivity index (χ0) is 13.8. The third-order valence-corrected chi connectivity index (χ3v) is 5.25. The number of hydrogen-bond acceptors (Lipinski definition) is 3. The van der Waals surface area contributed by atoms with Gasteiger partial charge in [-0.1, -0.05) is 22.9 Å². The summed E-state index contributed by atoms with van der Waals surface area (Å²) in [5.41, 5.74) is 0.774. The topological polar surface area (TPSA) is 46.2 Å². The molecule has 0 bridgehead atoms. The van der Waals surface area contributed by atoms with Gasteiger partial charge in [-0.25, -0.2) is 12.8 Å². The minimum absolute atomic E-state index is 0.0937. The Hall–Kier alpha value is -0.460. The summed E-state index contributed by atoms with van der Waals surface area (Å²) in [4.78, 5) is 0. The van der Waals surface area contributed by atoms with Gasteiger partial charge in [0, 0.05) is 22.8 Å². The maximum Gasteiger partial charge on any atom is 0.151 e. The fourth-order valence-corrected chi connectivity index (χ4v) is 3.02. The molecule has 0 radical (unpaired) electrons. The van der Waals surface area contributed by atoms with E-state index in [1.165, 1.54) is 12.1 Å². The molecule has 0 aromatic heterocycles. The Kier molecular flexibility index (Phi) is 5.75. The predicted molar refractivity (Wildman–Crippen MR) is 74.7 cm³/mol. The van der Waals surface area contributed by atoms with Crippen LogP contribution in [0.25, 0.3) is 0 Å². The molecule has 1 aromatic rings. The molecule has 3 nitrogen and oxygen atoms in total. The van der Waals surface area contributed by atoms with Crippen molar-refractivity contribution in [2.24, 2.45) is 0 Å². The number of rotatable bonds is 6. The zero-order valence-electron chi connectivity index (χ0n) is 10.4. The Morgan fingerprint density at radius 3 is 2.72 bits per heavy atom. The highest BCUT2D eigenvalue weighted by Gasteiger charge is 2.13. The van der Waals surface area contributed by atoms with E-state index in [0.29, 0.717) is 6.54 Å². The lowest BCUT2D eigenvalue weighted by Crippen LogP contribution is -2.33. The fourth-order valence-electron chi connectivity index (χ4n) is 1.52. The van der Waals surface area contributed by atoms with Gasteiger partial charge in [-0.05, 0) is 30.7 Å². The number of nitrogens with one attached hydrogen (secondary N) is 1. The van der Waals surface area contributed by atoms with Gasteiger partial charge in [0.25, 0.3) is 0 Å². The first-order valence-electron chi connectivity index (χ1n) is 5.72. The van der Waals surface area contributed by atoms with Crippen LogP contribution in [0.3, 0.4) is 0 Å². The van der Waals surface area contributed by atoms with E-state index in [4.69, 9.17) is 0 Å². The van der Waals surface area contributed by atoms with Gasteiger partial charge in [-0.3, -0.25) is 0 Å². The molecule has 0 saturated heterocycles. The zero-order valence-corrected chi connectivity index (χ0v) is 12.8. The van der Waals surface area contributed by atoms with E-state index in [-0.39, 0.29) is 23.4 Å². The van der Waals surface area contributed by atoms with Gasteiger partial charge in [-0.15, -0.1) is 0 Å². The van der Waals surface area contributed by atoms with Gasteiger partial charge >= 0.3 is 0 Å². The van der Waals surface area contributed by atoms with Crippen molar-refractivity contribution < 1.29 is 12.8 Å². The average Bonchev–Trinajstić information content (AvgIpc) is 2.30. The molecule has 0 saturated carbocycles. The minimum atomic E-state index is -2.99. The lowest BCUT2D eigenvalue weighted by Gasteiger charge is -2.14. The minimum Gasteiger partial charge on any atom is -0.309 e. The Bertz CT molecular complexity index is 505. The van der Waals surface area contributed by atoms with E-state index in [2.05, 4.69) is 21.2 Å². The van der Waals surface area contributed by atoms with Gasteiger partial charge in [-0.2, -0.15) is 0 Å². The van der Waals surface area contributed by atoms with E-state index >= 15 is 0 Å². The second kappa shape index (κ2) is 6.63. The first-order valence-corrected chi connectivity index (χ1v) is 8.33. The van der Waals surface area contributed by atoms with Crippen LogP contribution in [0.15, 0.2) is 22.7 Å². The standard InChI is InChI=1S/C12H17BrFNO2S/c1-3-18(16,17)8-9(2)15-7-10-6-11(14)4-5-12(10)13/h4-6,9,15H,3,7-8H2,1-2H3. The lowest BCUT2D eigenvalue weighted by molar-refractivity contribution is 0.554. The molecule has 102 valence electrons. The van der Waals surface area contributed by atoms with Gasteiger partial charge in [0.15, 0.2) is 9.84 Å². The summed E-state index contributed by atoms with van der Waals surface area (Å²) in [6, 6.07) is 4.28. The summed E-state index contributed by atoms with van der Waals surface area (Å²) in [5.74, 6) is -0.0668. The highest BCUT2D eigenvalue weighted by molar-refractivity contribution is 9.10. The second-order valence-corrected chi connectivity index (χ2v) is 7.47. The van der Waals surface area contributed by atoms with Crippen molar-refractivity contribution in [3.63, 3.8) is 0 Å². The van der Waals surface area contributed by atoms with Crippen LogP contribution in [0.2, 0.25) is 0 Å². The van der Waals surface area contributed by atoms with E-state index in [0.717, 1.165) is 10.0 Å². The quantitative estimate of drug-likeness (QED) is 0.867. The fraction of sp³-hybridized carbons (Fsp3) is 0.500. The summed E-state index contributed by atoms with van der Waals surface area (Å²) >= 11 is 3.33. The monoisotopic (exact) mass is 337 g/mol. The molecule has 1 aromatic carbocycles. The highest BCUT2D eigenvalue weighted by Crippen LogP contribution is 2.17. The van der Waals surface area contributed by atoms with Gasteiger partial charge < -0.3 is 5.32 Å². The van der Waals surface area contributed by atoms with Crippen LogP contribution in [0.1, 0.15) is 19.4 Å². The van der Waals surface area contributed by atoms with E-state index < -0.39 is 9.84 Å². The molecule has 1 rings (SSSR count). The van der Waals surface area contributed by atoms with E-state index in [1.54, 1.807) is 19.9 Å². The van der Waals surface area contributed by atoms with Crippen molar-refractivity contribution in [1.29, 1.82) is 0 Å². The molecule has 0 heterocycles. The molecule has 0 aliphatic carbocycles. The molecule has 0 aliphatic heterocycles. The molecule has 0 amide bonds. The highest BCUT2D eigenvalue weighted by atomic mass is 79.9. The molecule has 18 heavy (non-hydrogen) atoms. The van der Waals surface area contributed by atoms with E-state index in [9.17, 15) is 12.8 Å². The molecule has 1 atom stereocenters. The van der Waals surface area contributed by atoms with Crippen LogP contribution >= 0.6 is 15.9 Å². The summed E-state index contributed by atoms with van der Waals surface area (Å²) in [6.45, 7) is 3.87. The van der Waals surface area contributed by atoms with Gasteiger partial charge in [0.2, 0.25) is 0 Å². The molecule has 0 aliphatic rings. The number of benzene rings is 1. The second-order valence-electron chi connectivity index (χ2n) is 4.22. The van der Waals surface area contributed by atoms with E-state index in [1.807, 2.05) is 0 Å². The maximum absolute atomic E-state index is 13.1. The predicted octanol–water partition coefficient (Wildman–Crippen LogP) is 2.50. The smallest absolute Gasteiger partial charge is 0.151 e. The largest absolute Gasteiger partial charge is 0.309 e. The van der Waals surface area contributed by atoms with Crippen molar-refractivity contribution in [3.8, 4) is 0 Å². The molecular formula is C12H17BrFNO2S. The molecular weight excluding hydrogens is 321 g/mol. The first kappa shape index (κ1) is 15.6. The number of sulfone groups is 1. The average molecular weight is 338 g/mol. The summed E-state index contributed by atoms with van der Waals surface area (Å²) in [7, 11) is -2.99. The van der Waals surface area contributed by atoms with Crippen molar-refractivity contribution >= 4 is 25.8 Å². The third kappa shape index (κ3) is 5.04. The normalized spacial score (nSPS) is 13.6. The molecule has 1 unspecified atom stereocenters. The third-order valence-electron chi connectivity index (χ3n) is 2.59. The van der Waals surface area contributed by atoms with Crippen LogP contribution in [0.4, 0.5) is 4.39 Å². The summed E-state index contributed by atoms with van der Waals surface area (Å²) < 4.78 is 36.7. The lowest BCUT2D eigenvalue weighted by atomic mass is 10.2. The molecule has 6 heteroatoms. The Balaban J connectivity index is 2.57. The van der Waals surface area contributed by atoms with Crippen LogP contribution in [-0.2, 0) is 16.4 Å². The molecule has 0 spiro atoms. The Morgan fingerprint density at radius 1 is 1.44 bits per heavy atom. The van der Waals surface area contributed by atoms with Crippen LogP contribution in [0.5, 0.6) is 0 Å². The van der Waals surface area contributed by atoms with Crippen LogP contribution in [0, 0.1) is 5.82 Å². The number of hydrogen-bond donors (Lipinski definition) is 1. The maximum atomic E-state index is 13.1. The summed E-state index contributed by atoms with van der Waals surface area (Å²) in [5, 5.41) is 3.08. The van der Waals surface area contributed by atoms with Crippen molar-refractivity contribution in [1.82, 2.24) is 5.32 Å². The van der Waals surface area contributed by atoms with Crippen molar-refractivity contribution in [3.05, 3.63) is 34.1 Å². The first-order chi connectivity index (χ1) is 8.34. The van der Waals surface area contributed by atoms with Gasteiger partial charge in [0.05, 0.1) is 5.75 Å². The molecule has 1 N–H and O–H groups in total. The Morgan fingerprint density at radius 2 is 2.11 bits per heavy atom. The van der Waals surface area contributed by atoms with Crippen molar-refractivity contribution in [2.45, 2.75) is 26.4 Å². The van der Waals surface area contributed by atoms with Crippen molar-refractivity contribution in [2.75, 3.05) is 11.5 Å². The Labute approximate surface area is 116 Å². The SMILES string of the molecule is CCS(=O)(=O)CC(C)NCc1cc(F)ccc1Br.